The van der Waals surface area contributed by atoms with Crippen LogP contribution in [0.25, 0.3) is 0 Å². The Morgan fingerprint density at radius 2 is 2.31 bits per heavy atom. The molecule has 1 aromatic rings. The SMILES string of the molecule is COc1cc(CC(=O)O)c(C(F)F)c(Br)n1. The van der Waals surface area contributed by atoms with Gasteiger partial charge in [0, 0.05) is 6.07 Å². The Hall–Kier alpha value is -1.24. The number of pyridine rings is 1. The van der Waals surface area contributed by atoms with Crippen LogP contribution in [0.2, 0.25) is 0 Å². The van der Waals surface area contributed by atoms with Gasteiger partial charge in [-0.3, -0.25) is 4.79 Å². The molecule has 0 atom stereocenters. The molecule has 0 aliphatic rings. The zero-order valence-corrected chi connectivity index (χ0v) is 9.79. The van der Waals surface area contributed by atoms with Gasteiger partial charge in [-0.2, -0.15) is 0 Å². The second-order valence-corrected chi connectivity index (χ2v) is 3.65. The van der Waals surface area contributed by atoms with Crippen molar-refractivity contribution in [1.82, 2.24) is 4.98 Å². The molecule has 0 spiro atoms. The van der Waals surface area contributed by atoms with Gasteiger partial charge in [0.25, 0.3) is 6.43 Å². The lowest BCUT2D eigenvalue weighted by Gasteiger charge is -2.10. The highest BCUT2D eigenvalue weighted by Crippen LogP contribution is 2.32. The first-order valence-corrected chi connectivity index (χ1v) is 4.98. The van der Waals surface area contributed by atoms with Gasteiger partial charge in [0.1, 0.15) is 4.60 Å². The van der Waals surface area contributed by atoms with Crippen LogP contribution in [0.4, 0.5) is 8.78 Å². The fraction of sp³-hybridized carbons (Fsp3) is 0.333. The molecule has 0 aliphatic heterocycles. The quantitative estimate of drug-likeness (QED) is 0.867. The molecule has 1 N–H and O–H groups in total. The van der Waals surface area contributed by atoms with Crippen molar-refractivity contribution >= 4 is 21.9 Å². The van der Waals surface area contributed by atoms with Crippen LogP contribution in [0.3, 0.4) is 0 Å². The predicted molar refractivity (Wildman–Crippen MR) is 54.8 cm³/mol. The number of hydrogen-bond donors (Lipinski definition) is 1. The van der Waals surface area contributed by atoms with Crippen LogP contribution < -0.4 is 4.74 Å². The number of nitrogens with zero attached hydrogens (tertiary/aromatic N) is 1. The monoisotopic (exact) mass is 295 g/mol. The highest BCUT2D eigenvalue weighted by atomic mass is 79.9. The third kappa shape index (κ3) is 2.88. The zero-order chi connectivity index (χ0) is 12.3. The number of halogens is 3. The Labute approximate surface area is 98.4 Å². The van der Waals surface area contributed by atoms with E-state index in [0.29, 0.717) is 0 Å². The van der Waals surface area contributed by atoms with Crippen LogP contribution in [-0.2, 0) is 11.2 Å². The number of methoxy groups -OCH3 is 1. The van der Waals surface area contributed by atoms with Gasteiger partial charge < -0.3 is 9.84 Å². The van der Waals surface area contributed by atoms with Crippen LogP contribution in [-0.4, -0.2) is 23.2 Å². The Morgan fingerprint density at radius 3 is 2.75 bits per heavy atom. The summed E-state index contributed by atoms with van der Waals surface area (Å²) in [5.74, 6) is -1.10. The van der Waals surface area contributed by atoms with Crippen molar-refractivity contribution in [3.8, 4) is 5.88 Å². The van der Waals surface area contributed by atoms with Gasteiger partial charge >= 0.3 is 5.97 Å². The lowest BCUT2D eigenvalue weighted by molar-refractivity contribution is -0.136. The van der Waals surface area contributed by atoms with E-state index in [9.17, 15) is 13.6 Å². The standard InChI is InChI=1S/C9H8BrF2NO3/c1-16-5-2-4(3-6(14)15)7(9(11)12)8(10)13-5/h2,9H,3H2,1H3,(H,14,15). The Morgan fingerprint density at radius 1 is 1.69 bits per heavy atom. The number of carboxylic acids is 1. The van der Waals surface area contributed by atoms with Crippen molar-refractivity contribution in [2.75, 3.05) is 7.11 Å². The van der Waals surface area contributed by atoms with E-state index in [1.807, 2.05) is 0 Å². The van der Waals surface area contributed by atoms with Crippen molar-refractivity contribution < 1.29 is 23.4 Å². The number of hydrogen-bond acceptors (Lipinski definition) is 3. The lowest BCUT2D eigenvalue weighted by Crippen LogP contribution is -2.06. The minimum Gasteiger partial charge on any atom is -0.481 e. The molecule has 0 aliphatic carbocycles. The number of carboxylic acid groups (broad SMARTS) is 1. The molecular weight excluding hydrogens is 288 g/mol. The van der Waals surface area contributed by atoms with Crippen LogP contribution in [0.15, 0.2) is 10.7 Å². The van der Waals surface area contributed by atoms with Gasteiger partial charge in [-0.15, -0.1) is 0 Å². The average molecular weight is 296 g/mol. The summed E-state index contributed by atoms with van der Waals surface area (Å²) >= 11 is 2.87. The molecule has 0 radical (unpaired) electrons. The summed E-state index contributed by atoms with van der Waals surface area (Å²) in [5, 5.41) is 8.61. The Kier molecular flexibility index (Phi) is 4.17. The van der Waals surface area contributed by atoms with Gasteiger partial charge in [0.2, 0.25) is 5.88 Å². The molecule has 0 bridgehead atoms. The molecule has 0 saturated heterocycles. The Balaban J connectivity index is 3.28. The third-order valence-electron chi connectivity index (χ3n) is 1.84. The fourth-order valence-corrected chi connectivity index (χ4v) is 1.79. The molecule has 0 unspecified atom stereocenters. The fourth-order valence-electron chi connectivity index (χ4n) is 1.19. The van der Waals surface area contributed by atoms with Crippen molar-refractivity contribution in [2.45, 2.75) is 12.8 Å². The average Bonchev–Trinajstić information content (AvgIpc) is 2.14. The second-order valence-electron chi connectivity index (χ2n) is 2.90. The summed E-state index contributed by atoms with van der Waals surface area (Å²) in [4.78, 5) is 14.2. The van der Waals surface area contributed by atoms with Gasteiger partial charge in [0.15, 0.2) is 0 Å². The summed E-state index contributed by atoms with van der Waals surface area (Å²) in [6.07, 6.45) is -3.29. The predicted octanol–water partition coefficient (Wildman–Crippen LogP) is 2.42. The smallest absolute Gasteiger partial charge is 0.307 e. The summed E-state index contributed by atoms with van der Waals surface area (Å²) in [7, 11) is 1.32. The van der Waals surface area contributed by atoms with Crippen molar-refractivity contribution in [3.63, 3.8) is 0 Å². The van der Waals surface area contributed by atoms with Gasteiger partial charge in [-0.25, -0.2) is 13.8 Å². The number of ether oxygens (including phenoxy) is 1. The summed E-state index contributed by atoms with van der Waals surface area (Å²) in [6.45, 7) is 0. The van der Waals surface area contributed by atoms with Crippen molar-refractivity contribution in [2.24, 2.45) is 0 Å². The topological polar surface area (TPSA) is 59.4 Å². The van der Waals surface area contributed by atoms with Crippen molar-refractivity contribution in [1.29, 1.82) is 0 Å². The van der Waals surface area contributed by atoms with Crippen LogP contribution in [0.1, 0.15) is 17.6 Å². The van der Waals surface area contributed by atoms with E-state index in [-0.39, 0.29) is 16.0 Å². The van der Waals surface area contributed by atoms with E-state index in [1.165, 1.54) is 13.2 Å². The van der Waals surface area contributed by atoms with Gasteiger partial charge in [-0.05, 0) is 21.5 Å². The maximum absolute atomic E-state index is 12.7. The van der Waals surface area contributed by atoms with Gasteiger partial charge in [0.05, 0.1) is 19.1 Å². The number of carbonyl (C=O) groups is 1. The second kappa shape index (κ2) is 5.20. The molecule has 1 rings (SSSR count). The maximum atomic E-state index is 12.7. The molecule has 0 saturated carbocycles. The molecule has 0 amide bonds. The van der Waals surface area contributed by atoms with Crippen molar-refractivity contribution in [3.05, 3.63) is 21.8 Å². The maximum Gasteiger partial charge on any atom is 0.307 e. The molecule has 88 valence electrons. The lowest BCUT2D eigenvalue weighted by atomic mass is 10.1. The van der Waals surface area contributed by atoms with E-state index in [4.69, 9.17) is 9.84 Å². The minimum absolute atomic E-state index is 0.0128. The van der Waals surface area contributed by atoms with Crippen LogP contribution >= 0.6 is 15.9 Å². The summed E-state index contributed by atoms with van der Waals surface area (Å²) in [5.41, 5.74) is -0.426. The third-order valence-corrected chi connectivity index (χ3v) is 2.45. The van der Waals surface area contributed by atoms with E-state index in [1.54, 1.807) is 0 Å². The highest BCUT2D eigenvalue weighted by molar-refractivity contribution is 9.10. The van der Waals surface area contributed by atoms with E-state index < -0.39 is 24.4 Å². The number of alkyl halides is 2. The van der Waals surface area contributed by atoms with E-state index >= 15 is 0 Å². The first-order chi connectivity index (χ1) is 7.45. The number of aromatic nitrogens is 1. The molecule has 0 fully saturated rings. The Bertz CT molecular complexity index is 412. The molecular formula is C9H8BrF2NO3. The molecule has 1 heterocycles. The van der Waals surface area contributed by atoms with Crippen LogP contribution in [0, 0.1) is 0 Å². The minimum atomic E-state index is -2.79. The van der Waals surface area contributed by atoms with E-state index in [2.05, 4.69) is 20.9 Å². The molecule has 1 aromatic heterocycles. The molecule has 4 nitrogen and oxygen atoms in total. The highest BCUT2D eigenvalue weighted by Gasteiger charge is 2.21. The summed E-state index contributed by atoms with van der Waals surface area (Å²) in [6, 6.07) is 1.19. The first kappa shape index (κ1) is 12.8. The molecule has 0 aromatic carbocycles. The molecule has 16 heavy (non-hydrogen) atoms. The number of rotatable bonds is 4. The normalized spacial score (nSPS) is 10.6. The van der Waals surface area contributed by atoms with Gasteiger partial charge in [-0.1, -0.05) is 0 Å². The zero-order valence-electron chi connectivity index (χ0n) is 8.21. The van der Waals surface area contributed by atoms with E-state index in [0.717, 1.165) is 0 Å². The number of aliphatic carboxylic acids is 1. The first-order valence-electron chi connectivity index (χ1n) is 4.19. The van der Waals surface area contributed by atoms with Crippen LogP contribution in [0.5, 0.6) is 5.88 Å². The summed E-state index contributed by atoms with van der Waals surface area (Å²) < 4.78 is 30.0. The molecule has 7 heteroatoms. The largest absolute Gasteiger partial charge is 0.481 e.